The highest BCUT2D eigenvalue weighted by Gasteiger charge is 2.44. The lowest BCUT2D eigenvalue weighted by molar-refractivity contribution is -0.145. The molecule has 1 amide bonds. The van der Waals surface area contributed by atoms with E-state index in [1.165, 1.54) is 6.42 Å². The van der Waals surface area contributed by atoms with E-state index in [4.69, 9.17) is 4.74 Å². The van der Waals surface area contributed by atoms with Crippen molar-refractivity contribution in [2.75, 3.05) is 26.2 Å². The molecule has 0 saturated carbocycles. The minimum absolute atomic E-state index is 0.216. The minimum atomic E-state index is 0.216. The highest BCUT2D eigenvalue weighted by Crippen LogP contribution is 2.33. The molecule has 3 saturated heterocycles. The predicted octanol–water partition coefficient (Wildman–Crippen LogP) is 1.68. The molecule has 1 aromatic rings. The first kappa shape index (κ1) is 15.1. The van der Waals surface area contributed by atoms with Crippen LogP contribution in [0.25, 0.3) is 0 Å². The number of carbonyl (C=O) groups excluding carboxylic acids is 1. The van der Waals surface area contributed by atoms with Crippen LogP contribution in [0.5, 0.6) is 0 Å². The van der Waals surface area contributed by atoms with E-state index in [2.05, 4.69) is 20.9 Å². The highest BCUT2D eigenvalue weighted by molar-refractivity contribution is 5.78. The zero-order chi connectivity index (χ0) is 15.6. The van der Waals surface area contributed by atoms with Gasteiger partial charge in [-0.3, -0.25) is 14.7 Å². The van der Waals surface area contributed by atoms with Gasteiger partial charge in [0.25, 0.3) is 0 Å². The largest absolute Gasteiger partial charge is 0.376 e. The number of rotatable bonds is 3. The SMILES string of the molecule is O=C1CCCN1[C@@H]1CN(Cc2ccccn2)C[C@@H]2CCCO[C@@H]21. The number of likely N-dealkylation sites (tertiary alicyclic amines) is 2. The van der Waals surface area contributed by atoms with Gasteiger partial charge in [0, 0.05) is 45.4 Å². The van der Waals surface area contributed by atoms with Crippen molar-refractivity contribution in [2.45, 2.75) is 44.4 Å². The summed E-state index contributed by atoms with van der Waals surface area (Å²) in [6.07, 6.45) is 6.13. The van der Waals surface area contributed by atoms with Crippen molar-refractivity contribution in [3.63, 3.8) is 0 Å². The number of ether oxygens (including phenoxy) is 1. The van der Waals surface area contributed by atoms with Crippen molar-refractivity contribution in [3.05, 3.63) is 30.1 Å². The molecule has 23 heavy (non-hydrogen) atoms. The van der Waals surface area contributed by atoms with Gasteiger partial charge in [-0.05, 0) is 37.3 Å². The average Bonchev–Trinajstić information content (AvgIpc) is 3.01. The molecule has 0 bridgehead atoms. The predicted molar refractivity (Wildman–Crippen MR) is 86.7 cm³/mol. The summed E-state index contributed by atoms with van der Waals surface area (Å²) in [5, 5.41) is 0. The Hall–Kier alpha value is -1.46. The number of nitrogens with zero attached hydrogens (tertiary/aromatic N) is 3. The Labute approximate surface area is 137 Å². The topological polar surface area (TPSA) is 45.7 Å². The average molecular weight is 315 g/mol. The van der Waals surface area contributed by atoms with Crippen molar-refractivity contribution in [1.82, 2.24) is 14.8 Å². The number of carbonyl (C=O) groups is 1. The van der Waals surface area contributed by atoms with Gasteiger partial charge < -0.3 is 9.64 Å². The quantitative estimate of drug-likeness (QED) is 0.851. The Morgan fingerprint density at radius 1 is 1.26 bits per heavy atom. The number of hydrogen-bond acceptors (Lipinski definition) is 4. The van der Waals surface area contributed by atoms with Gasteiger partial charge in [-0.2, -0.15) is 0 Å². The molecule has 1 aromatic heterocycles. The van der Waals surface area contributed by atoms with Crippen molar-refractivity contribution in [1.29, 1.82) is 0 Å². The van der Waals surface area contributed by atoms with E-state index in [9.17, 15) is 4.79 Å². The van der Waals surface area contributed by atoms with Crippen molar-refractivity contribution in [2.24, 2.45) is 5.92 Å². The van der Waals surface area contributed by atoms with Crippen LogP contribution in [0.15, 0.2) is 24.4 Å². The molecule has 3 aliphatic rings. The van der Waals surface area contributed by atoms with Crippen LogP contribution < -0.4 is 0 Å². The molecule has 0 unspecified atom stereocenters. The van der Waals surface area contributed by atoms with Crippen LogP contribution >= 0.6 is 0 Å². The molecule has 0 aromatic carbocycles. The lowest BCUT2D eigenvalue weighted by atomic mass is 9.84. The van der Waals surface area contributed by atoms with Crippen LogP contribution in [0, 0.1) is 5.92 Å². The van der Waals surface area contributed by atoms with Crippen LogP contribution in [-0.4, -0.2) is 59.1 Å². The highest BCUT2D eigenvalue weighted by atomic mass is 16.5. The summed E-state index contributed by atoms with van der Waals surface area (Å²) in [6, 6.07) is 6.30. The normalized spacial score (nSPS) is 32.1. The molecule has 0 N–H and O–H groups in total. The number of piperidine rings is 1. The Bertz CT molecular complexity index is 550. The number of amides is 1. The molecular weight excluding hydrogens is 290 g/mol. The zero-order valence-corrected chi connectivity index (χ0v) is 13.6. The molecule has 3 fully saturated rings. The number of aromatic nitrogens is 1. The van der Waals surface area contributed by atoms with E-state index in [0.717, 1.165) is 51.3 Å². The summed E-state index contributed by atoms with van der Waals surface area (Å²) in [7, 11) is 0. The van der Waals surface area contributed by atoms with E-state index in [1.54, 1.807) is 0 Å². The van der Waals surface area contributed by atoms with Crippen LogP contribution in [-0.2, 0) is 16.1 Å². The maximum absolute atomic E-state index is 12.3. The maximum Gasteiger partial charge on any atom is 0.223 e. The van der Waals surface area contributed by atoms with Gasteiger partial charge in [0.1, 0.15) is 0 Å². The standard InChI is InChI=1S/C18H25N3O2/c22-17-7-3-9-21(17)16-13-20(12-15-6-1-2-8-19-15)11-14-5-4-10-23-18(14)16/h1-2,6,8,14,16,18H,3-5,7,9-13H2/t14-,16+,18-/m0/s1. The summed E-state index contributed by atoms with van der Waals surface area (Å²) in [4.78, 5) is 21.3. The fraction of sp³-hybridized carbons (Fsp3) is 0.667. The molecule has 3 atom stereocenters. The molecule has 5 nitrogen and oxygen atoms in total. The molecule has 5 heteroatoms. The lowest BCUT2D eigenvalue weighted by Gasteiger charge is -2.48. The molecule has 4 heterocycles. The van der Waals surface area contributed by atoms with Crippen LogP contribution in [0.2, 0.25) is 0 Å². The van der Waals surface area contributed by atoms with Gasteiger partial charge in [0.05, 0.1) is 17.8 Å². The third kappa shape index (κ3) is 3.12. The fourth-order valence-electron chi connectivity index (χ4n) is 4.41. The van der Waals surface area contributed by atoms with E-state index in [1.807, 2.05) is 18.3 Å². The second-order valence-corrected chi connectivity index (χ2v) is 7.01. The lowest BCUT2D eigenvalue weighted by Crippen LogP contribution is -2.61. The Morgan fingerprint density at radius 3 is 3.00 bits per heavy atom. The van der Waals surface area contributed by atoms with Crippen molar-refractivity contribution < 1.29 is 9.53 Å². The van der Waals surface area contributed by atoms with Crippen molar-refractivity contribution >= 4 is 5.91 Å². The van der Waals surface area contributed by atoms with Crippen molar-refractivity contribution in [3.8, 4) is 0 Å². The van der Waals surface area contributed by atoms with Gasteiger partial charge in [-0.1, -0.05) is 6.07 Å². The van der Waals surface area contributed by atoms with Crippen LogP contribution in [0.4, 0.5) is 0 Å². The van der Waals surface area contributed by atoms with E-state index in [0.29, 0.717) is 18.2 Å². The second kappa shape index (κ2) is 6.57. The Morgan fingerprint density at radius 2 is 2.22 bits per heavy atom. The van der Waals surface area contributed by atoms with E-state index in [-0.39, 0.29) is 12.1 Å². The van der Waals surface area contributed by atoms with Crippen LogP contribution in [0.1, 0.15) is 31.4 Å². The summed E-state index contributed by atoms with van der Waals surface area (Å²) in [5.74, 6) is 0.849. The Balaban J connectivity index is 1.52. The van der Waals surface area contributed by atoms with E-state index >= 15 is 0 Å². The first-order chi connectivity index (χ1) is 11.3. The Kier molecular flexibility index (Phi) is 4.31. The summed E-state index contributed by atoms with van der Waals surface area (Å²) in [6.45, 7) is 4.57. The monoisotopic (exact) mass is 315 g/mol. The first-order valence-electron chi connectivity index (χ1n) is 8.84. The third-order valence-electron chi connectivity index (χ3n) is 5.43. The molecule has 4 rings (SSSR count). The molecule has 0 radical (unpaired) electrons. The van der Waals surface area contributed by atoms with Gasteiger partial charge in [0.2, 0.25) is 5.91 Å². The van der Waals surface area contributed by atoms with Gasteiger partial charge >= 0.3 is 0 Å². The zero-order valence-electron chi connectivity index (χ0n) is 13.6. The van der Waals surface area contributed by atoms with Gasteiger partial charge in [-0.25, -0.2) is 0 Å². The summed E-state index contributed by atoms with van der Waals surface area (Å²) < 4.78 is 6.12. The van der Waals surface area contributed by atoms with Gasteiger partial charge in [-0.15, -0.1) is 0 Å². The fourth-order valence-corrected chi connectivity index (χ4v) is 4.41. The van der Waals surface area contributed by atoms with E-state index < -0.39 is 0 Å². The maximum atomic E-state index is 12.3. The molecule has 124 valence electrons. The second-order valence-electron chi connectivity index (χ2n) is 7.01. The summed E-state index contributed by atoms with van der Waals surface area (Å²) >= 11 is 0. The van der Waals surface area contributed by atoms with Gasteiger partial charge in [0.15, 0.2) is 0 Å². The molecule has 0 spiro atoms. The van der Waals surface area contributed by atoms with Crippen LogP contribution in [0.3, 0.4) is 0 Å². The number of pyridine rings is 1. The number of fused-ring (bicyclic) bond motifs is 1. The summed E-state index contributed by atoms with van der Waals surface area (Å²) in [5.41, 5.74) is 1.11. The minimum Gasteiger partial charge on any atom is -0.376 e. The molecule has 3 aliphatic heterocycles. The smallest absolute Gasteiger partial charge is 0.223 e. The number of hydrogen-bond donors (Lipinski definition) is 0. The molecular formula is C18H25N3O2. The molecule has 0 aliphatic carbocycles. The first-order valence-corrected chi connectivity index (χ1v) is 8.84. The third-order valence-corrected chi connectivity index (χ3v) is 5.43.